The fraction of sp³-hybridized carbons (Fsp3) is 0.818. The molecule has 0 aliphatic carbocycles. The highest BCUT2D eigenvalue weighted by atomic mass is 16.7. The number of hydrogen-bond donors (Lipinski definition) is 0. The number of quaternary nitrogens is 1. The summed E-state index contributed by atoms with van der Waals surface area (Å²) in [5.41, 5.74) is 0. The predicted molar refractivity (Wildman–Crippen MR) is 59.0 cm³/mol. The van der Waals surface area contributed by atoms with E-state index in [4.69, 9.17) is 9.47 Å². The molecule has 0 amide bonds. The third kappa shape index (κ3) is 9.62. The topological polar surface area (TPSA) is 75.7 Å². The summed E-state index contributed by atoms with van der Waals surface area (Å²) in [7, 11) is 5.62. The first-order valence-corrected chi connectivity index (χ1v) is 5.47. The second-order valence-electron chi connectivity index (χ2n) is 5.21. The average molecular weight is 247 g/mol. The SMILES string of the molecule is CC(C)OC(=O)O[C@H](CC(=O)[O-])C[N+](C)(C)C. The van der Waals surface area contributed by atoms with Crippen molar-refractivity contribution in [1.82, 2.24) is 0 Å². The van der Waals surface area contributed by atoms with Crippen molar-refractivity contribution in [2.24, 2.45) is 0 Å². The number of nitrogens with zero attached hydrogens (tertiary/aromatic N) is 1. The molecule has 0 spiro atoms. The summed E-state index contributed by atoms with van der Waals surface area (Å²) in [5, 5.41) is 10.5. The summed E-state index contributed by atoms with van der Waals surface area (Å²) >= 11 is 0. The maximum absolute atomic E-state index is 11.3. The summed E-state index contributed by atoms with van der Waals surface area (Å²) in [6.07, 6.45) is -2.22. The van der Waals surface area contributed by atoms with E-state index in [1.807, 2.05) is 21.1 Å². The second-order valence-corrected chi connectivity index (χ2v) is 5.21. The number of aliphatic carboxylic acids is 1. The molecule has 0 aromatic rings. The fourth-order valence-corrected chi connectivity index (χ4v) is 1.30. The Morgan fingerprint density at radius 3 is 2.06 bits per heavy atom. The Bertz CT molecular complexity index is 270. The zero-order chi connectivity index (χ0) is 13.6. The molecule has 0 heterocycles. The van der Waals surface area contributed by atoms with Crippen molar-refractivity contribution >= 4 is 12.1 Å². The molecule has 100 valence electrons. The third-order valence-corrected chi connectivity index (χ3v) is 1.74. The van der Waals surface area contributed by atoms with E-state index < -0.39 is 18.2 Å². The van der Waals surface area contributed by atoms with E-state index in [9.17, 15) is 14.7 Å². The Hall–Kier alpha value is -1.30. The van der Waals surface area contributed by atoms with Gasteiger partial charge in [-0.2, -0.15) is 0 Å². The molecule has 0 aliphatic heterocycles. The van der Waals surface area contributed by atoms with Crippen molar-refractivity contribution in [2.75, 3.05) is 27.7 Å². The van der Waals surface area contributed by atoms with Crippen LogP contribution in [0.3, 0.4) is 0 Å². The lowest BCUT2D eigenvalue weighted by atomic mass is 10.2. The molecule has 6 nitrogen and oxygen atoms in total. The molecule has 0 saturated carbocycles. The maximum Gasteiger partial charge on any atom is 0.509 e. The van der Waals surface area contributed by atoms with Gasteiger partial charge in [0.2, 0.25) is 0 Å². The molecular weight excluding hydrogens is 226 g/mol. The number of carboxylic acid groups (broad SMARTS) is 1. The van der Waals surface area contributed by atoms with E-state index in [2.05, 4.69) is 0 Å². The molecular formula is C11H21NO5. The number of carbonyl (C=O) groups excluding carboxylic acids is 2. The number of rotatable bonds is 6. The van der Waals surface area contributed by atoms with Gasteiger partial charge in [-0.05, 0) is 13.8 Å². The minimum absolute atomic E-state index is 0.296. The molecule has 17 heavy (non-hydrogen) atoms. The van der Waals surface area contributed by atoms with Gasteiger partial charge in [-0.3, -0.25) is 0 Å². The lowest BCUT2D eigenvalue weighted by Gasteiger charge is -2.29. The van der Waals surface area contributed by atoms with Crippen molar-refractivity contribution in [2.45, 2.75) is 32.5 Å². The first-order chi connectivity index (χ1) is 7.60. The standard InChI is InChI=1S/C11H21NO5/c1-8(2)16-11(15)17-9(6-10(13)14)7-12(3,4)5/h8-9H,6-7H2,1-5H3/t9-/m1/s1. The molecule has 0 saturated heterocycles. The van der Waals surface area contributed by atoms with Crippen LogP contribution >= 0.6 is 0 Å². The van der Waals surface area contributed by atoms with E-state index in [0.717, 1.165) is 0 Å². The lowest BCUT2D eigenvalue weighted by Crippen LogP contribution is -2.45. The first kappa shape index (κ1) is 15.7. The Morgan fingerprint density at radius 2 is 1.71 bits per heavy atom. The van der Waals surface area contributed by atoms with Gasteiger partial charge in [0.25, 0.3) is 0 Å². The monoisotopic (exact) mass is 247 g/mol. The lowest BCUT2D eigenvalue weighted by molar-refractivity contribution is -0.873. The smallest absolute Gasteiger partial charge is 0.509 e. The zero-order valence-electron chi connectivity index (χ0n) is 11.1. The average Bonchev–Trinajstić information content (AvgIpc) is 1.95. The van der Waals surface area contributed by atoms with E-state index in [1.165, 1.54) is 0 Å². The van der Waals surface area contributed by atoms with Gasteiger partial charge in [-0.15, -0.1) is 0 Å². The number of likely N-dealkylation sites (N-methyl/N-ethyl adjacent to an activating group) is 1. The van der Waals surface area contributed by atoms with Gasteiger partial charge in [-0.1, -0.05) is 0 Å². The third-order valence-electron chi connectivity index (χ3n) is 1.74. The highest BCUT2D eigenvalue weighted by Gasteiger charge is 2.23. The van der Waals surface area contributed by atoms with Crippen LogP contribution in [0.1, 0.15) is 20.3 Å². The molecule has 0 N–H and O–H groups in total. The largest absolute Gasteiger partial charge is 0.550 e. The van der Waals surface area contributed by atoms with Crippen LogP contribution in [0.15, 0.2) is 0 Å². The minimum atomic E-state index is -1.25. The van der Waals surface area contributed by atoms with E-state index in [1.54, 1.807) is 13.8 Å². The zero-order valence-corrected chi connectivity index (χ0v) is 11.1. The summed E-state index contributed by atoms with van der Waals surface area (Å²) in [4.78, 5) is 21.8. The Balaban J connectivity index is 4.38. The van der Waals surface area contributed by atoms with Crippen molar-refractivity contribution in [1.29, 1.82) is 0 Å². The van der Waals surface area contributed by atoms with E-state index in [-0.39, 0.29) is 12.5 Å². The predicted octanol–water partition coefficient (Wildman–Crippen LogP) is -0.237. The van der Waals surface area contributed by atoms with Crippen LogP contribution in [0, 0.1) is 0 Å². The van der Waals surface area contributed by atoms with Crippen LogP contribution in [-0.2, 0) is 14.3 Å². The van der Waals surface area contributed by atoms with E-state index >= 15 is 0 Å². The molecule has 0 bridgehead atoms. The second kappa shape index (κ2) is 6.44. The summed E-state index contributed by atoms with van der Waals surface area (Å²) < 4.78 is 10.2. The Kier molecular flexibility index (Phi) is 5.95. The number of carbonyl (C=O) groups is 2. The van der Waals surface area contributed by atoms with Crippen LogP contribution in [0.25, 0.3) is 0 Å². The maximum atomic E-state index is 11.3. The van der Waals surface area contributed by atoms with Crippen molar-refractivity contribution in [3.8, 4) is 0 Å². The molecule has 0 unspecified atom stereocenters. The first-order valence-electron chi connectivity index (χ1n) is 5.47. The van der Waals surface area contributed by atoms with Gasteiger partial charge in [0, 0.05) is 12.4 Å². The molecule has 6 heteroatoms. The van der Waals surface area contributed by atoms with Crippen LogP contribution in [0.2, 0.25) is 0 Å². The van der Waals surface area contributed by atoms with Gasteiger partial charge < -0.3 is 23.9 Å². The van der Waals surface area contributed by atoms with Crippen molar-refractivity contribution in [3.05, 3.63) is 0 Å². The van der Waals surface area contributed by atoms with Gasteiger partial charge >= 0.3 is 6.16 Å². The van der Waals surface area contributed by atoms with Gasteiger partial charge in [0.15, 0.2) is 6.10 Å². The van der Waals surface area contributed by atoms with Crippen LogP contribution < -0.4 is 5.11 Å². The molecule has 0 radical (unpaired) electrons. The molecule has 0 aromatic carbocycles. The van der Waals surface area contributed by atoms with Crippen LogP contribution in [-0.4, -0.2) is 56.5 Å². The van der Waals surface area contributed by atoms with Crippen LogP contribution in [0.5, 0.6) is 0 Å². The number of carboxylic acids is 1. The fourth-order valence-electron chi connectivity index (χ4n) is 1.30. The highest BCUT2D eigenvalue weighted by molar-refractivity contribution is 5.66. The van der Waals surface area contributed by atoms with Gasteiger partial charge in [0.05, 0.1) is 27.2 Å². The van der Waals surface area contributed by atoms with Gasteiger partial charge in [-0.25, -0.2) is 4.79 Å². The van der Waals surface area contributed by atoms with Crippen molar-refractivity contribution in [3.63, 3.8) is 0 Å². The molecule has 0 aliphatic rings. The van der Waals surface area contributed by atoms with Crippen LogP contribution in [0.4, 0.5) is 4.79 Å². The Labute approximate surface area is 102 Å². The van der Waals surface area contributed by atoms with Gasteiger partial charge in [0.1, 0.15) is 6.54 Å². The minimum Gasteiger partial charge on any atom is -0.550 e. The summed E-state index contributed by atoms with van der Waals surface area (Å²) in [6.45, 7) is 3.75. The quantitative estimate of drug-likeness (QED) is 0.478. The summed E-state index contributed by atoms with van der Waals surface area (Å²) in [6, 6.07) is 0. The number of ether oxygens (including phenoxy) is 2. The molecule has 0 rings (SSSR count). The number of hydrogen-bond acceptors (Lipinski definition) is 5. The molecule has 0 aromatic heterocycles. The van der Waals surface area contributed by atoms with E-state index in [0.29, 0.717) is 11.0 Å². The normalized spacial score (nSPS) is 13.3. The summed E-state index contributed by atoms with van der Waals surface area (Å²) in [5.74, 6) is -1.25. The Morgan fingerprint density at radius 1 is 1.18 bits per heavy atom. The molecule has 0 fully saturated rings. The molecule has 1 atom stereocenters. The highest BCUT2D eigenvalue weighted by Crippen LogP contribution is 2.06. The van der Waals surface area contributed by atoms with Crippen molar-refractivity contribution < 1.29 is 28.7 Å².